The first kappa shape index (κ1) is 21.9. The van der Waals surface area contributed by atoms with Crippen molar-refractivity contribution in [3.63, 3.8) is 0 Å². The molecule has 1 heterocycles. The number of benzene rings is 2. The van der Waals surface area contributed by atoms with Crippen molar-refractivity contribution < 1.29 is 23.8 Å². The van der Waals surface area contributed by atoms with E-state index in [4.69, 9.17) is 14.2 Å². The number of methoxy groups -OCH3 is 3. The first-order chi connectivity index (χ1) is 14.9. The summed E-state index contributed by atoms with van der Waals surface area (Å²) in [6.45, 7) is 1.91. The molecule has 0 spiro atoms. The summed E-state index contributed by atoms with van der Waals surface area (Å²) in [5, 5.41) is 9.39. The molecule has 2 aromatic rings. The van der Waals surface area contributed by atoms with Crippen molar-refractivity contribution in [2.45, 2.75) is 25.8 Å². The van der Waals surface area contributed by atoms with Crippen molar-refractivity contribution in [2.75, 3.05) is 21.3 Å². The number of hydrogen-bond donors (Lipinski definition) is 0. The van der Waals surface area contributed by atoms with Crippen molar-refractivity contribution in [3.8, 4) is 17.6 Å². The molecule has 0 radical (unpaired) electrons. The molecule has 3 rings (SSSR count). The molecule has 1 amide bonds. The molecule has 0 fully saturated rings. The highest BCUT2D eigenvalue weighted by atomic mass is 16.5. The number of ether oxygens (including phenoxy) is 3. The van der Waals surface area contributed by atoms with Crippen LogP contribution in [0.25, 0.3) is 0 Å². The van der Waals surface area contributed by atoms with Gasteiger partial charge in [-0.3, -0.25) is 4.79 Å². The maximum Gasteiger partial charge on any atom is 0.336 e. The predicted octanol–water partition coefficient (Wildman–Crippen LogP) is 3.54. The number of nitrogens with zero attached hydrogens (tertiary/aromatic N) is 2. The zero-order chi connectivity index (χ0) is 22.5. The fourth-order valence-electron chi connectivity index (χ4n) is 3.89. The Morgan fingerprint density at radius 3 is 2.55 bits per heavy atom. The van der Waals surface area contributed by atoms with E-state index in [-0.39, 0.29) is 18.9 Å². The van der Waals surface area contributed by atoms with Crippen LogP contribution in [0, 0.1) is 11.3 Å². The molecule has 1 aliphatic rings. The van der Waals surface area contributed by atoms with Gasteiger partial charge in [-0.05, 0) is 36.8 Å². The van der Waals surface area contributed by atoms with Crippen LogP contribution in [0.5, 0.6) is 11.5 Å². The first-order valence-electron chi connectivity index (χ1n) is 9.74. The van der Waals surface area contributed by atoms with E-state index in [2.05, 4.69) is 6.07 Å². The van der Waals surface area contributed by atoms with Crippen molar-refractivity contribution in [1.29, 1.82) is 5.26 Å². The largest absolute Gasteiger partial charge is 0.497 e. The van der Waals surface area contributed by atoms with Crippen molar-refractivity contribution >= 4 is 11.9 Å². The Hall–Kier alpha value is -3.79. The van der Waals surface area contributed by atoms with Crippen molar-refractivity contribution in [2.24, 2.45) is 0 Å². The summed E-state index contributed by atoms with van der Waals surface area (Å²) in [5.74, 6) is -0.0785. The van der Waals surface area contributed by atoms with Gasteiger partial charge < -0.3 is 19.1 Å². The second-order valence-corrected chi connectivity index (χ2v) is 7.10. The quantitative estimate of drug-likeness (QED) is 0.664. The Morgan fingerprint density at radius 2 is 1.90 bits per heavy atom. The Balaban J connectivity index is 2.12. The maximum absolute atomic E-state index is 13.2. The number of esters is 1. The lowest BCUT2D eigenvalue weighted by Gasteiger charge is -2.35. The molecule has 7 nitrogen and oxygen atoms in total. The summed E-state index contributed by atoms with van der Waals surface area (Å²) in [5.41, 5.74) is 2.74. The van der Waals surface area contributed by atoms with Gasteiger partial charge in [-0.15, -0.1) is 0 Å². The summed E-state index contributed by atoms with van der Waals surface area (Å²) in [4.78, 5) is 27.5. The molecule has 31 heavy (non-hydrogen) atoms. The fraction of sp³-hybridized carbons (Fsp3) is 0.292. The molecule has 1 aliphatic heterocycles. The van der Waals surface area contributed by atoms with Crippen LogP contribution < -0.4 is 9.47 Å². The zero-order valence-corrected chi connectivity index (χ0v) is 18.0. The monoisotopic (exact) mass is 420 g/mol. The summed E-state index contributed by atoms with van der Waals surface area (Å²) in [7, 11) is 4.40. The second-order valence-electron chi connectivity index (χ2n) is 7.10. The molecule has 160 valence electrons. The van der Waals surface area contributed by atoms with Gasteiger partial charge in [-0.25, -0.2) is 4.79 Å². The molecular weight excluding hydrogens is 396 g/mol. The molecule has 0 saturated heterocycles. The van der Waals surface area contributed by atoms with Crippen LogP contribution in [0.15, 0.2) is 53.7 Å². The molecule has 0 saturated carbocycles. The summed E-state index contributed by atoms with van der Waals surface area (Å²) in [6.07, 6.45) is 0.0556. The average Bonchev–Trinajstić information content (AvgIpc) is 2.80. The third kappa shape index (κ3) is 4.24. The molecular formula is C24H24N2O5. The van der Waals surface area contributed by atoms with E-state index in [1.807, 2.05) is 6.07 Å². The van der Waals surface area contributed by atoms with Crippen LogP contribution >= 0.6 is 0 Å². The Morgan fingerprint density at radius 1 is 1.16 bits per heavy atom. The van der Waals surface area contributed by atoms with E-state index in [0.29, 0.717) is 39.5 Å². The van der Waals surface area contributed by atoms with Crippen LogP contribution in [0.4, 0.5) is 0 Å². The minimum Gasteiger partial charge on any atom is -0.497 e. The van der Waals surface area contributed by atoms with Crippen molar-refractivity contribution in [3.05, 3.63) is 70.4 Å². The highest BCUT2D eigenvalue weighted by Gasteiger charge is 2.38. The van der Waals surface area contributed by atoms with Gasteiger partial charge in [0.1, 0.15) is 11.5 Å². The standard InChI is InChI=1S/C24H24N2O5/c1-15-23(24(28)31-4)20(19-11-18(29-2)9-10-21(19)30-3)12-22(27)26(15)14-17-8-6-5-7-16(17)13-25/h5-11,20H,12,14H2,1-4H3/t20-/m1/s1. The lowest BCUT2D eigenvalue weighted by Crippen LogP contribution is -2.38. The van der Waals surface area contributed by atoms with E-state index < -0.39 is 11.9 Å². The third-order valence-corrected chi connectivity index (χ3v) is 5.51. The van der Waals surface area contributed by atoms with E-state index in [9.17, 15) is 14.9 Å². The highest BCUT2D eigenvalue weighted by Crippen LogP contribution is 2.42. The number of carbonyl (C=O) groups is 2. The normalized spacial score (nSPS) is 16.0. The van der Waals surface area contributed by atoms with Gasteiger partial charge in [0, 0.05) is 23.6 Å². The van der Waals surface area contributed by atoms with E-state index in [1.54, 1.807) is 50.4 Å². The van der Waals surface area contributed by atoms with Crippen LogP contribution in [0.1, 0.15) is 36.0 Å². The van der Waals surface area contributed by atoms with Gasteiger partial charge in [0.25, 0.3) is 0 Å². The first-order valence-corrected chi connectivity index (χ1v) is 9.74. The number of allylic oxidation sites excluding steroid dienone is 1. The Bertz CT molecular complexity index is 1080. The zero-order valence-electron chi connectivity index (χ0n) is 18.0. The SMILES string of the molecule is COC(=O)C1=C(C)N(Cc2ccccc2C#N)C(=O)C[C@@H]1c1cc(OC)ccc1OC. The smallest absolute Gasteiger partial charge is 0.336 e. The lowest BCUT2D eigenvalue weighted by atomic mass is 9.83. The number of rotatable bonds is 6. The fourth-order valence-corrected chi connectivity index (χ4v) is 3.89. The number of amides is 1. The van der Waals surface area contributed by atoms with Crippen LogP contribution in [0.2, 0.25) is 0 Å². The van der Waals surface area contributed by atoms with Gasteiger partial charge >= 0.3 is 5.97 Å². The molecule has 1 atom stereocenters. The highest BCUT2D eigenvalue weighted by molar-refractivity contribution is 5.96. The van der Waals surface area contributed by atoms with E-state index in [0.717, 1.165) is 0 Å². The third-order valence-electron chi connectivity index (χ3n) is 5.51. The molecule has 2 aromatic carbocycles. The molecule has 0 unspecified atom stereocenters. The minimum atomic E-state index is -0.549. The van der Waals surface area contributed by atoms with Crippen molar-refractivity contribution in [1.82, 2.24) is 4.90 Å². The second kappa shape index (κ2) is 9.35. The summed E-state index contributed by atoms with van der Waals surface area (Å²) >= 11 is 0. The van der Waals surface area contributed by atoms with Gasteiger partial charge in [0.15, 0.2) is 0 Å². The summed E-state index contributed by atoms with van der Waals surface area (Å²) in [6, 6.07) is 14.5. The van der Waals surface area contributed by atoms with Gasteiger partial charge in [-0.1, -0.05) is 18.2 Å². The van der Waals surface area contributed by atoms with Gasteiger partial charge in [0.05, 0.1) is 45.1 Å². The minimum absolute atomic E-state index is 0.0556. The number of nitriles is 1. The molecule has 7 heteroatoms. The maximum atomic E-state index is 13.2. The summed E-state index contributed by atoms with van der Waals surface area (Å²) < 4.78 is 15.9. The Labute approximate surface area is 181 Å². The lowest BCUT2D eigenvalue weighted by molar-refractivity contribution is -0.138. The number of hydrogen-bond acceptors (Lipinski definition) is 6. The molecule has 0 bridgehead atoms. The molecule has 0 aliphatic carbocycles. The topological polar surface area (TPSA) is 88.9 Å². The predicted molar refractivity (Wildman–Crippen MR) is 113 cm³/mol. The number of carbonyl (C=O) groups excluding carboxylic acids is 2. The van der Waals surface area contributed by atoms with E-state index >= 15 is 0 Å². The van der Waals surface area contributed by atoms with Gasteiger partial charge in [-0.2, -0.15) is 5.26 Å². The van der Waals surface area contributed by atoms with Crippen LogP contribution in [-0.4, -0.2) is 38.1 Å². The average molecular weight is 420 g/mol. The molecule has 0 N–H and O–H groups in total. The van der Waals surface area contributed by atoms with Crippen LogP contribution in [0.3, 0.4) is 0 Å². The Kier molecular flexibility index (Phi) is 6.61. The van der Waals surface area contributed by atoms with Crippen LogP contribution in [-0.2, 0) is 20.9 Å². The van der Waals surface area contributed by atoms with E-state index in [1.165, 1.54) is 19.1 Å². The molecule has 0 aromatic heterocycles. The van der Waals surface area contributed by atoms with Gasteiger partial charge in [0.2, 0.25) is 5.91 Å².